The van der Waals surface area contributed by atoms with Gasteiger partial charge < -0.3 is 15.6 Å². The van der Waals surface area contributed by atoms with E-state index in [2.05, 4.69) is 42.9 Å². The Balaban J connectivity index is 1.79. The molecule has 0 saturated carbocycles. The van der Waals surface area contributed by atoms with Crippen LogP contribution < -0.4 is 11.1 Å². The van der Waals surface area contributed by atoms with Crippen molar-refractivity contribution in [1.82, 2.24) is 24.8 Å². The number of hydrogen-bond donors (Lipinski definition) is 2. The molecular formula is C19H18FIN6O2. The first kappa shape index (κ1) is 19.7. The van der Waals surface area contributed by atoms with Gasteiger partial charge in [0, 0.05) is 42.0 Å². The van der Waals surface area contributed by atoms with E-state index in [0.717, 1.165) is 26.7 Å². The third-order valence-corrected chi connectivity index (χ3v) is 6.06. The Kier molecular flexibility index (Phi) is 5.19. The van der Waals surface area contributed by atoms with E-state index in [4.69, 9.17) is 5.73 Å². The molecule has 3 aromatic rings. The fourth-order valence-corrected chi connectivity index (χ4v) is 4.28. The molecule has 0 bridgehead atoms. The number of halogens is 2. The van der Waals surface area contributed by atoms with Gasteiger partial charge in [-0.15, -0.1) is 0 Å². The zero-order chi connectivity index (χ0) is 20.7. The van der Waals surface area contributed by atoms with E-state index in [0.29, 0.717) is 24.2 Å². The minimum Gasteiger partial charge on any atom is -0.382 e. The Bertz CT molecular complexity index is 1160. The van der Waals surface area contributed by atoms with Crippen LogP contribution in [0.2, 0.25) is 0 Å². The van der Waals surface area contributed by atoms with Crippen molar-refractivity contribution < 1.29 is 14.0 Å². The van der Waals surface area contributed by atoms with Gasteiger partial charge in [-0.3, -0.25) is 9.59 Å². The van der Waals surface area contributed by atoms with Crippen LogP contribution in [0.25, 0.3) is 11.2 Å². The lowest BCUT2D eigenvalue weighted by molar-refractivity contribution is -0.120. The van der Waals surface area contributed by atoms with Gasteiger partial charge in [-0.25, -0.2) is 4.98 Å². The first-order valence-electron chi connectivity index (χ1n) is 9.10. The average Bonchev–Trinajstić information content (AvgIpc) is 3.21. The van der Waals surface area contributed by atoms with Crippen molar-refractivity contribution in [2.24, 2.45) is 0 Å². The van der Waals surface area contributed by atoms with Gasteiger partial charge in [0.1, 0.15) is 5.82 Å². The highest BCUT2D eigenvalue weighted by atomic mass is 127. The highest BCUT2D eigenvalue weighted by molar-refractivity contribution is 14.1. The van der Waals surface area contributed by atoms with Crippen LogP contribution in [0.4, 0.5) is 10.2 Å². The number of rotatable bonds is 5. The summed E-state index contributed by atoms with van der Waals surface area (Å²) >= 11 is 2.24. The molecule has 10 heteroatoms. The molecule has 1 aliphatic rings. The van der Waals surface area contributed by atoms with Crippen molar-refractivity contribution in [2.45, 2.75) is 32.2 Å². The molecule has 8 nitrogen and oxygen atoms in total. The quantitative estimate of drug-likeness (QED) is 0.403. The number of anilines is 1. The number of amides is 1. The molecule has 2 aromatic heterocycles. The summed E-state index contributed by atoms with van der Waals surface area (Å²) in [5.74, 6) is 0.519. The zero-order valence-corrected chi connectivity index (χ0v) is 17.8. The van der Waals surface area contributed by atoms with Crippen LogP contribution in [0.3, 0.4) is 0 Å². The molecule has 0 spiro atoms. The summed E-state index contributed by atoms with van der Waals surface area (Å²) in [4.78, 5) is 35.8. The predicted molar refractivity (Wildman–Crippen MR) is 113 cm³/mol. The molecule has 150 valence electrons. The summed E-state index contributed by atoms with van der Waals surface area (Å²) < 4.78 is 16.5. The van der Waals surface area contributed by atoms with E-state index in [1.165, 1.54) is 0 Å². The molecule has 0 unspecified atom stereocenters. The van der Waals surface area contributed by atoms with E-state index in [9.17, 15) is 14.0 Å². The Morgan fingerprint density at radius 2 is 2.10 bits per heavy atom. The molecule has 0 saturated heterocycles. The Hall–Kier alpha value is -2.63. The fraction of sp³-hybridized carbons (Fsp3) is 0.316. The summed E-state index contributed by atoms with van der Waals surface area (Å²) in [5, 5.41) is 2.57. The Morgan fingerprint density at radius 3 is 2.86 bits per heavy atom. The molecular weight excluding hydrogens is 490 g/mol. The fourth-order valence-electron chi connectivity index (χ4n) is 3.56. The van der Waals surface area contributed by atoms with Crippen LogP contribution in [0.1, 0.15) is 40.2 Å². The van der Waals surface area contributed by atoms with Gasteiger partial charge in [0.25, 0.3) is 0 Å². The number of aromatic nitrogens is 4. The van der Waals surface area contributed by atoms with Gasteiger partial charge in [0.05, 0.1) is 0 Å². The standard InChI is InChI=1S/C19H18FIN6O2/c1-23-15(29)4-5-27-14(24-16-17(22)25-19(20)26-18(16)27)8-10-6-11-9(7-12(10)21)2-3-13(11)28/h6-7H,2-5,8H2,1H3,(H,23,29)(H2,22,25,26). The van der Waals surface area contributed by atoms with Crippen molar-refractivity contribution >= 4 is 51.3 Å². The minimum absolute atomic E-state index is 0.0497. The SMILES string of the molecule is CNC(=O)CCn1c(Cc2cc3c(cc2I)CCC3=O)nc2c(N)nc(F)nc21. The van der Waals surface area contributed by atoms with Crippen LogP contribution in [0, 0.1) is 9.65 Å². The molecule has 4 rings (SSSR count). The number of imidazole rings is 1. The smallest absolute Gasteiger partial charge is 0.312 e. The summed E-state index contributed by atoms with van der Waals surface area (Å²) in [6.07, 6.45) is 0.927. The number of ketones is 1. The maximum absolute atomic E-state index is 13.8. The molecule has 0 fully saturated rings. The highest BCUT2D eigenvalue weighted by Gasteiger charge is 2.23. The summed E-state index contributed by atoms with van der Waals surface area (Å²) in [6, 6.07) is 3.94. The average molecular weight is 508 g/mol. The zero-order valence-electron chi connectivity index (χ0n) is 15.6. The first-order chi connectivity index (χ1) is 13.9. The Morgan fingerprint density at radius 1 is 1.31 bits per heavy atom. The summed E-state index contributed by atoms with van der Waals surface area (Å²) in [5.41, 5.74) is 9.14. The van der Waals surface area contributed by atoms with Crippen molar-refractivity contribution in [3.8, 4) is 0 Å². The number of benzene rings is 1. The number of nitrogen functional groups attached to an aromatic ring is 1. The maximum atomic E-state index is 13.8. The number of nitrogens with zero attached hydrogens (tertiary/aromatic N) is 4. The Labute approximate surface area is 179 Å². The second-order valence-electron chi connectivity index (χ2n) is 6.85. The molecule has 2 heterocycles. The topological polar surface area (TPSA) is 116 Å². The second-order valence-corrected chi connectivity index (χ2v) is 8.02. The van der Waals surface area contributed by atoms with Crippen molar-refractivity contribution in [3.05, 3.63) is 44.3 Å². The van der Waals surface area contributed by atoms with E-state index in [1.54, 1.807) is 11.6 Å². The van der Waals surface area contributed by atoms with Crippen LogP contribution in [0.5, 0.6) is 0 Å². The maximum Gasteiger partial charge on any atom is 0.312 e. The van der Waals surface area contributed by atoms with Gasteiger partial charge in [-0.2, -0.15) is 14.4 Å². The molecule has 1 aliphatic carbocycles. The van der Waals surface area contributed by atoms with E-state index < -0.39 is 6.08 Å². The lowest BCUT2D eigenvalue weighted by Crippen LogP contribution is -2.20. The molecule has 29 heavy (non-hydrogen) atoms. The second kappa shape index (κ2) is 7.65. The number of fused-ring (bicyclic) bond motifs is 2. The lowest BCUT2D eigenvalue weighted by atomic mass is 10.0. The minimum atomic E-state index is -0.944. The first-order valence-corrected chi connectivity index (χ1v) is 10.2. The molecule has 0 atom stereocenters. The monoisotopic (exact) mass is 508 g/mol. The van der Waals surface area contributed by atoms with E-state index in [1.807, 2.05) is 12.1 Å². The van der Waals surface area contributed by atoms with Crippen molar-refractivity contribution in [2.75, 3.05) is 12.8 Å². The number of Topliss-reactive ketones (excluding diaryl/α,β-unsaturated/α-hetero) is 1. The number of nitrogens with one attached hydrogen (secondary N) is 1. The van der Waals surface area contributed by atoms with Gasteiger partial charge in [0.2, 0.25) is 5.91 Å². The molecule has 0 aliphatic heterocycles. The van der Waals surface area contributed by atoms with Gasteiger partial charge in [0.15, 0.2) is 22.8 Å². The molecule has 0 radical (unpaired) electrons. The van der Waals surface area contributed by atoms with Gasteiger partial charge in [-0.1, -0.05) is 0 Å². The lowest BCUT2D eigenvalue weighted by Gasteiger charge is -2.11. The highest BCUT2D eigenvalue weighted by Crippen LogP contribution is 2.29. The largest absolute Gasteiger partial charge is 0.382 e. The van der Waals surface area contributed by atoms with Crippen molar-refractivity contribution in [3.63, 3.8) is 0 Å². The van der Waals surface area contributed by atoms with Crippen LogP contribution in [-0.4, -0.2) is 38.3 Å². The van der Waals surface area contributed by atoms with E-state index in [-0.39, 0.29) is 36.1 Å². The molecule has 3 N–H and O–H groups in total. The van der Waals surface area contributed by atoms with Gasteiger partial charge in [-0.05, 0) is 52.3 Å². The number of carbonyl (C=O) groups is 2. The van der Waals surface area contributed by atoms with Crippen LogP contribution >= 0.6 is 22.6 Å². The molecule has 1 aromatic carbocycles. The molecule has 1 amide bonds. The predicted octanol–water partition coefficient (Wildman–Crippen LogP) is 2.01. The normalized spacial score (nSPS) is 13.1. The number of carbonyl (C=O) groups excluding carboxylic acids is 2. The van der Waals surface area contributed by atoms with Crippen LogP contribution in [-0.2, 0) is 24.2 Å². The third kappa shape index (κ3) is 3.68. The van der Waals surface area contributed by atoms with Crippen LogP contribution in [0.15, 0.2) is 12.1 Å². The van der Waals surface area contributed by atoms with E-state index >= 15 is 0 Å². The summed E-state index contributed by atoms with van der Waals surface area (Å²) in [7, 11) is 1.55. The number of nitrogens with two attached hydrogens (primary N) is 1. The number of hydrogen-bond acceptors (Lipinski definition) is 6. The van der Waals surface area contributed by atoms with Crippen molar-refractivity contribution in [1.29, 1.82) is 0 Å². The third-order valence-electron chi connectivity index (χ3n) is 5.06. The van der Waals surface area contributed by atoms with Gasteiger partial charge >= 0.3 is 6.08 Å². The number of aryl methyl sites for hydroxylation is 2. The summed E-state index contributed by atoms with van der Waals surface area (Å²) in [6.45, 7) is 0.266.